The number of hydrogen-bond donors (Lipinski definition) is 4. The van der Waals surface area contributed by atoms with Gasteiger partial charge in [-0.15, -0.1) is 0 Å². The maximum atomic E-state index is 11.4. The molecule has 5 N–H and O–H groups in total. The largest absolute Gasteiger partial charge is 0.397 e. The van der Waals surface area contributed by atoms with Crippen molar-refractivity contribution in [2.45, 2.75) is 38.7 Å². The normalized spacial score (nSPS) is 15.6. The molecule has 0 radical (unpaired) electrons. The fourth-order valence-electron chi connectivity index (χ4n) is 2.22. The highest BCUT2D eigenvalue weighted by molar-refractivity contribution is 5.95. The molecule has 0 bridgehead atoms. The highest BCUT2D eigenvalue weighted by Crippen LogP contribution is 2.30. The zero-order valence-electron chi connectivity index (χ0n) is 11.2. The molecule has 1 atom stereocenters. The quantitative estimate of drug-likeness (QED) is 0.481. The second-order valence-electron chi connectivity index (χ2n) is 5.06. The Morgan fingerprint density at radius 3 is 3.00 bits per heavy atom. The average molecular weight is 263 g/mol. The lowest BCUT2D eigenvalue weighted by molar-refractivity contribution is -0.116. The minimum atomic E-state index is -0.276. The van der Waals surface area contributed by atoms with Crippen molar-refractivity contribution in [1.82, 2.24) is 0 Å². The van der Waals surface area contributed by atoms with Gasteiger partial charge in [0.2, 0.25) is 5.91 Å². The number of aliphatic hydroxyl groups is 1. The molecule has 5 nitrogen and oxygen atoms in total. The summed E-state index contributed by atoms with van der Waals surface area (Å²) in [6, 6.07) is 3.82. The highest BCUT2D eigenvalue weighted by Gasteiger charge is 2.16. The number of aliphatic hydroxyl groups excluding tert-OH is 1. The van der Waals surface area contributed by atoms with Gasteiger partial charge in [0.15, 0.2) is 0 Å². The van der Waals surface area contributed by atoms with Gasteiger partial charge in [-0.05, 0) is 43.9 Å². The SMILES string of the molecule is CC(O)CCCNc1cc2c(cc1N)CCC(=O)N2. The number of nitrogens with two attached hydrogens (primary N) is 1. The van der Waals surface area contributed by atoms with E-state index in [1.54, 1.807) is 6.92 Å². The van der Waals surface area contributed by atoms with E-state index in [9.17, 15) is 9.90 Å². The fourth-order valence-corrected chi connectivity index (χ4v) is 2.22. The Balaban J connectivity index is 2.01. The zero-order valence-corrected chi connectivity index (χ0v) is 11.2. The minimum absolute atomic E-state index is 0.0531. The smallest absolute Gasteiger partial charge is 0.224 e. The molecule has 1 aromatic carbocycles. The molecule has 0 saturated heterocycles. The van der Waals surface area contributed by atoms with Crippen LogP contribution in [0.25, 0.3) is 0 Å². The summed E-state index contributed by atoms with van der Waals surface area (Å²) in [7, 11) is 0. The molecule has 104 valence electrons. The Hall–Kier alpha value is -1.75. The number of aryl methyl sites for hydroxylation is 1. The van der Waals surface area contributed by atoms with Crippen molar-refractivity contribution in [3.8, 4) is 0 Å². The molecule has 1 unspecified atom stereocenters. The van der Waals surface area contributed by atoms with Crippen LogP contribution in [-0.2, 0) is 11.2 Å². The molecule has 0 aliphatic carbocycles. The number of nitrogens with one attached hydrogen (secondary N) is 2. The van der Waals surface area contributed by atoms with Crippen molar-refractivity contribution < 1.29 is 9.90 Å². The second kappa shape index (κ2) is 5.93. The Labute approximate surface area is 113 Å². The summed E-state index contributed by atoms with van der Waals surface area (Å²) < 4.78 is 0. The molecule has 1 aliphatic heterocycles. The first-order valence-corrected chi connectivity index (χ1v) is 6.70. The molecule has 0 saturated carbocycles. The van der Waals surface area contributed by atoms with Gasteiger partial charge in [0, 0.05) is 18.7 Å². The first-order chi connectivity index (χ1) is 9.06. The van der Waals surface area contributed by atoms with Crippen LogP contribution in [0.1, 0.15) is 31.7 Å². The van der Waals surface area contributed by atoms with E-state index in [1.165, 1.54) is 0 Å². The molecular formula is C14H21N3O2. The fraction of sp³-hybridized carbons (Fsp3) is 0.500. The van der Waals surface area contributed by atoms with Gasteiger partial charge in [0.1, 0.15) is 0 Å². The van der Waals surface area contributed by atoms with Crippen LogP contribution in [0.3, 0.4) is 0 Å². The van der Waals surface area contributed by atoms with E-state index in [-0.39, 0.29) is 12.0 Å². The molecule has 1 heterocycles. The number of hydrogen-bond acceptors (Lipinski definition) is 4. The van der Waals surface area contributed by atoms with E-state index in [4.69, 9.17) is 5.73 Å². The number of anilines is 3. The van der Waals surface area contributed by atoms with Gasteiger partial charge in [-0.3, -0.25) is 4.79 Å². The predicted octanol–water partition coefficient (Wildman–Crippen LogP) is 1.73. The number of rotatable bonds is 5. The van der Waals surface area contributed by atoms with Crippen molar-refractivity contribution in [2.75, 3.05) is 22.9 Å². The number of fused-ring (bicyclic) bond motifs is 1. The number of amides is 1. The van der Waals surface area contributed by atoms with Gasteiger partial charge in [-0.1, -0.05) is 0 Å². The molecular weight excluding hydrogens is 242 g/mol. The summed E-state index contributed by atoms with van der Waals surface area (Å²) in [4.78, 5) is 11.4. The third kappa shape index (κ3) is 3.61. The van der Waals surface area contributed by atoms with Gasteiger partial charge in [-0.25, -0.2) is 0 Å². The van der Waals surface area contributed by atoms with E-state index in [0.717, 1.165) is 42.7 Å². The molecule has 0 fully saturated rings. The summed E-state index contributed by atoms with van der Waals surface area (Å²) in [5.74, 6) is 0.0531. The van der Waals surface area contributed by atoms with Crippen molar-refractivity contribution in [1.29, 1.82) is 0 Å². The number of carbonyl (C=O) groups excluding carboxylic acids is 1. The summed E-state index contributed by atoms with van der Waals surface area (Å²) in [6.45, 7) is 2.53. The first-order valence-electron chi connectivity index (χ1n) is 6.70. The Morgan fingerprint density at radius 2 is 2.26 bits per heavy atom. The van der Waals surface area contributed by atoms with Gasteiger partial charge < -0.3 is 21.5 Å². The van der Waals surface area contributed by atoms with Crippen LogP contribution in [0, 0.1) is 0 Å². The molecule has 19 heavy (non-hydrogen) atoms. The predicted molar refractivity (Wildman–Crippen MR) is 77.2 cm³/mol. The molecule has 5 heteroatoms. The van der Waals surface area contributed by atoms with Crippen LogP contribution in [0.15, 0.2) is 12.1 Å². The summed E-state index contributed by atoms with van der Waals surface area (Å²) in [5, 5.41) is 15.3. The Bertz CT molecular complexity index is 472. The van der Waals surface area contributed by atoms with Crippen molar-refractivity contribution in [3.63, 3.8) is 0 Å². The Morgan fingerprint density at radius 1 is 1.47 bits per heavy atom. The highest BCUT2D eigenvalue weighted by atomic mass is 16.3. The second-order valence-corrected chi connectivity index (χ2v) is 5.06. The van der Waals surface area contributed by atoms with Crippen LogP contribution in [0.4, 0.5) is 17.1 Å². The van der Waals surface area contributed by atoms with Crippen LogP contribution >= 0.6 is 0 Å². The molecule has 1 amide bonds. The topological polar surface area (TPSA) is 87.4 Å². The summed E-state index contributed by atoms with van der Waals surface area (Å²) >= 11 is 0. The number of carbonyl (C=O) groups is 1. The zero-order chi connectivity index (χ0) is 13.8. The summed E-state index contributed by atoms with van der Waals surface area (Å²) in [5.41, 5.74) is 9.48. The molecule has 1 aliphatic rings. The number of benzene rings is 1. The third-order valence-electron chi connectivity index (χ3n) is 3.28. The van der Waals surface area contributed by atoms with E-state index >= 15 is 0 Å². The minimum Gasteiger partial charge on any atom is -0.397 e. The lowest BCUT2D eigenvalue weighted by atomic mass is 10.0. The number of nitrogen functional groups attached to an aromatic ring is 1. The molecule has 1 aromatic rings. The maximum absolute atomic E-state index is 11.4. The van der Waals surface area contributed by atoms with Crippen LogP contribution in [0.2, 0.25) is 0 Å². The molecule has 0 aromatic heterocycles. The van der Waals surface area contributed by atoms with Crippen molar-refractivity contribution in [3.05, 3.63) is 17.7 Å². The summed E-state index contributed by atoms with van der Waals surface area (Å²) in [6.07, 6.45) is 2.62. The van der Waals surface area contributed by atoms with Gasteiger partial charge >= 0.3 is 0 Å². The van der Waals surface area contributed by atoms with E-state index < -0.39 is 0 Å². The average Bonchev–Trinajstić information content (AvgIpc) is 2.35. The van der Waals surface area contributed by atoms with E-state index in [2.05, 4.69) is 10.6 Å². The van der Waals surface area contributed by atoms with Crippen LogP contribution in [0.5, 0.6) is 0 Å². The monoisotopic (exact) mass is 263 g/mol. The standard InChI is InChI=1S/C14H21N3O2/c1-9(18)3-2-6-16-13-8-12-10(7-11(13)15)4-5-14(19)17-12/h7-9,16,18H,2-6,15H2,1H3,(H,17,19). The van der Waals surface area contributed by atoms with Crippen LogP contribution in [-0.4, -0.2) is 23.7 Å². The lowest BCUT2D eigenvalue weighted by Gasteiger charge is -2.20. The van der Waals surface area contributed by atoms with Gasteiger partial charge in [0.05, 0.1) is 17.5 Å². The van der Waals surface area contributed by atoms with E-state index in [1.807, 2.05) is 12.1 Å². The third-order valence-corrected chi connectivity index (χ3v) is 3.28. The lowest BCUT2D eigenvalue weighted by Crippen LogP contribution is -2.19. The van der Waals surface area contributed by atoms with Gasteiger partial charge in [0.25, 0.3) is 0 Å². The van der Waals surface area contributed by atoms with Gasteiger partial charge in [-0.2, -0.15) is 0 Å². The molecule has 0 spiro atoms. The Kier molecular flexibility index (Phi) is 4.27. The maximum Gasteiger partial charge on any atom is 0.224 e. The molecule has 2 rings (SSSR count). The van der Waals surface area contributed by atoms with Crippen molar-refractivity contribution >= 4 is 23.0 Å². The van der Waals surface area contributed by atoms with Crippen LogP contribution < -0.4 is 16.4 Å². The first kappa shape index (κ1) is 13.7. The van der Waals surface area contributed by atoms with E-state index in [0.29, 0.717) is 12.1 Å². The van der Waals surface area contributed by atoms with Crippen molar-refractivity contribution in [2.24, 2.45) is 0 Å².